The number of pyridine rings is 1. The van der Waals surface area contributed by atoms with Gasteiger partial charge in [-0.25, -0.2) is 4.98 Å². The van der Waals surface area contributed by atoms with Crippen molar-refractivity contribution in [2.24, 2.45) is 0 Å². The number of aliphatic hydroxyl groups excluding tert-OH is 1. The summed E-state index contributed by atoms with van der Waals surface area (Å²) in [5.41, 5.74) is 14.7. The molecular formula is C43H66N6O2. The highest BCUT2D eigenvalue weighted by Crippen LogP contribution is 2.39. The van der Waals surface area contributed by atoms with Gasteiger partial charge in [-0.05, 0) is 140 Å². The number of aromatic hydroxyl groups is 1. The molecule has 0 saturated carbocycles. The molecule has 0 aliphatic carbocycles. The fraction of sp³-hybridized carbons (Fsp3) is 0.535. The third-order valence-electron chi connectivity index (χ3n) is 9.23. The number of nitrogens with two attached hydrogens (primary N) is 1. The number of anilines is 3. The molecular weight excluding hydrogens is 633 g/mol. The van der Waals surface area contributed by atoms with Crippen LogP contribution in [0.5, 0.6) is 5.75 Å². The molecule has 6 rings (SSSR count). The Hall–Kier alpha value is -4.04. The van der Waals surface area contributed by atoms with Gasteiger partial charge in [0.25, 0.3) is 0 Å². The van der Waals surface area contributed by atoms with Crippen LogP contribution < -0.4 is 15.5 Å². The molecule has 51 heavy (non-hydrogen) atoms. The molecule has 0 bridgehead atoms. The van der Waals surface area contributed by atoms with Crippen LogP contribution in [0.3, 0.4) is 0 Å². The normalized spacial score (nSPS) is 14.2. The van der Waals surface area contributed by atoms with E-state index in [0.29, 0.717) is 11.7 Å². The summed E-state index contributed by atoms with van der Waals surface area (Å²) >= 11 is 0. The maximum atomic E-state index is 9.95. The Morgan fingerprint density at radius 3 is 1.84 bits per heavy atom. The summed E-state index contributed by atoms with van der Waals surface area (Å²) in [5.74, 6) is 1.01. The standard InChI is InChI=1S/2C13H19NO.C9H13N.C8H15N3/c1-13(2,3)14-9-5-7-10-6-4-8-11(15)12(10)14;1-13(2,3)14-7-6-11-5-4-10(9-15)8-12(11)14;1-9(2,3)8-4-6-10-7-5-8;1-6-5-10-7(9)11(6)8(2,3)4/h4,6,8,15H,5,7,9H2,1-3H3;4-5,8,15H,6-7,9H2,1-3H3;4-7H,1-3H3;5H,1-4H3,(H2,9,10). The number of fused-ring (bicyclic) bond motifs is 2. The van der Waals surface area contributed by atoms with E-state index in [9.17, 15) is 5.11 Å². The number of rotatable bonds is 1. The summed E-state index contributed by atoms with van der Waals surface area (Å²) in [5, 5.41) is 19.1. The van der Waals surface area contributed by atoms with Gasteiger partial charge in [-0.2, -0.15) is 0 Å². The van der Waals surface area contributed by atoms with Gasteiger partial charge >= 0.3 is 0 Å². The first-order valence-electron chi connectivity index (χ1n) is 18.3. The van der Waals surface area contributed by atoms with Gasteiger partial charge < -0.3 is 30.3 Å². The first-order chi connectivity index (χ1) is 23.6. The number of aromatic nitrogens is 3. The summed E-state index contributed by atoms with van der Waals surface area (Å²) < 4.78 is 2.02. The van der Waals surface area contributed by atoms with E-state index >= 15 is 0 Å². The van der Waals surface area contributed by atoms with Crippen LogP contribution in [-0.2, 0) is 30.4 Å². The van der Waals surface area contributed by atoms with Gasteiger partial charge in [0.1, 0.15) is 5.75 Å². The smallest absolute Gasteiger partial charge is 0.200 e. The number of imidazole rings is 1. The third-order valence-corrected chi connectivity index (χ3v) is 9.23. The quantitative estimate of drug-likeness (QED) is 0.182. The minimum Gasteiger partial charge on any atom is -0.506 e. The van der Waals surface area contributed by atoms with Gasteiger partial charge in [0.05, 0.1) is 18.5 Å². The molecule has 0 amide bonds. The molecule has 8 heteroatoms. The summed E-state index contributed by atoms with van der Waals surface area (Å²) in [7, 11) is 0. The molecule has 0 atom stereocenters. The average Bonchev–Trinajstić information content (AvgIpc) is 3.63. The van der Waals surface area contributed by atoms with Crippen LogP contribution in [0.2, 0.25) is 0 Å². The SMILES string of the molecule is CC(C)(C)N1CCCc2cccc(O)c21.CC(C)(C)N1CCc2ccc(CO)cc21.CC(C)(C)c1ccncc1.Cc1cnc(N)n1C(C)(C)C. The zero-order valence-corrected chi connectivity index (χ0v) is 33.8. The Balaban J connectivity index is 0.000000187. The van der Waals surface area contributed by atoms with E-state index in [1.165, 1.54) is 28.8 Å². The van der Waals surface area contributed by atoms with E-state index in [2.05, 4.69) is 133 Å². The number of benzene rings is 2. The van der Waals surface area contributed by atoms with E-state index in [-0.39, 0.29) is 28.6 Å². The van der Waals surface area contributed by atoms with Crippen molar-refractivity contribution in [1.29, 1.82) is 0 Å². The van der Waals surface area contributed by atoms with Gasteiger partial charge in [0.2, 0.25) is 5.95 Å². The number of hydrogen-bond donors (Lipinski definition) is 3. The maximum absolute atomic E-state index is 9.95. The van der Waals surface area contributed by atoms with E-state index in [0.717, 1.165) is 42.9 Å². The van der Waals surface area contributed by atoms with E-state index in [1.807, 2.05) is 36.0 Å². The van der Waals surface area contributed by atoms with Crippen molar-refractivity contribution in [3.63, 3.8) is 0 Å². The lowest BCUT2D eigenvalue weighted by molar-refractivity contribution is 0.282. The Morgan fingerprint density at radius 2 is 1.37 bits per heavy atom. The Labute approximate surface area is 308 Å². The molecule has 2 aliphatic rings. The second-order valence-corrected chi connectivity index (χ2v) is 17.7. The van der Waals surface area contributed by atoms with Crippen molar-refractivity contribution in [3.8, 4) is 5.75 Å². The van der Waals surface area contributed by atoms with E-state index in [4.69, 9.17) is 10.8 Å². The number of nitrogens with zero attached hydrogens (tertiary/aromatic N) is 5. The minimum absolute atomic E-state index is 0.0324. The van der Waals surface area contributed by atoms with Crippen molar-refractivity contribution >= 4 is 17.3 Å². The molecule has 0 radical (unpaired) electrons. The highest BCUT2D eigenvalue weighted by molar-refractivity contribution is 5.66. The molecule has 0 saturated heterocycles. The zero-order chi connectivity index (χ0) is 38.4. The van der Waals surface area contributed by atoms with Crippen molar-refractivity contribution in [3.05, 3.63) is 95.1 Å². The number of para-hydroxylation sites is 1. The fourth-order valence-corrected chi connectivity index (χ4v) is 6.70. The van der Waals surface area contributed by atoms with Crippen LogP contribution >= 0.6 is 0 Å². The number of aliphatic hydroxyl groups is 1. The lowest BCUT2D eigenvalue weighted by Crippen LogP contribution is -2.44. The predicted molar refractivity (Wildman–Crippen MR) is 216 cm³/mol. The fourth-order valence-electron chi connectivity index (χ4n) is 6.70. The molecule has 4 heterocycles. The van der Waals surface area contributed by atoms with Gasteiger partial charge in [-0.15, -0.1) is 0 Å². The van der Waals surface area contributed by atoms with Crippen molar-refractivity contribution in [1.82, 2.24) is 14.5 Å². The van der Waals surface area contributed by atoms with Crippen LogP contribution in [0.25, 0.3) is 0 Å². The number of aryl methyl sites for hydroxylation is 2. The van der Waals surface area contributed by atoms with Crippen LogP contribution in [0.1, 0.15) is 117 Å². The first kappa shape index (κ1) is 41.4. The van der Waals surface area contributed by atoms with Crippen LogP contribution in [0.15, 0.2) is 67.1 Å². The predicted octanol–water partition coefficient (Wildman–Crippen LogP) is 9.19. The number of phenols is 1. The van der Waals surface area contributed by atoms with Crippen LogP contribution in [0, 0.1) is 6.92 Å². The second-order valence-electron chi connectivity index (χ2n) is 17.7. The molecule has 2 aliphatic heterocycles. The summed E-state index contributed by atoms with van der Waals surface area (Å²) in [4.78, 5) is 12.7. The lowest BCUT2D eigenvalue weighted by Gasteiger charge is -2.41. The number of phenolic OH excluding ortho intramolecular Hbond substituents is 1. The molecule has 2 aromatic carbocycles. The monoisotopic (exact) mass is 699 g/mol. The van der Waals surface area contributed by atoms with Crippen LogP contribution in [0.4, 0.5) is 17.3 Å². The Kier molecular flexibility index (Phi) is 13.4. The lowest BCUT2D eigenvalue weighted by atomic mass is 9.88. The average molecular weight is 699 g/mol. The molecule has 280 valence electrons. The number of hydrogen-bond acceptors (Lipinski definition) is 7. The highest BCUT2D eigenvalue weighted by atomic mass is 16.3. The third kappa shape index (κ3) is 11.2. The van der Waals surface area contributed by atoms with Gasteiger partial charge in [0.15, 0.2) is 0 Å². The van der Waals surface area contributed by atoms with Gasteiger partial charge in [0, 0.05) is 53.5 Å². The Morgan fingerprint density at radius 1 is 0.745 bits per heavy atom. The number of nitrogen functional groups attached to an aromatic ring is 1. The molecule has 2 aromatic heterocycles. The zero-order valence-electron chi connectivity index (χ0n) is 33.8. The minimum atomic E-state index is 0.0324. The van der Waals surface area contributed by atoms with Gasteiger partial charge in [-0.1, -0.05) is 45.0 Å². The summed E-state index contributed by atoms with van der Waals surface area (Å²) in [6, 6.07) is 16.2. The largest absolute Gasteiger partial charge is 0.506 e. The van der Waals surface area contributed by atoms with Crippen molar-refractivity contribution in [2.45, 2.75) is 138 Å². The van der Waals surface area contributed by atoms with Crippen molar-refractivity contribution < 1.29 is 10.2 Å². The Bertz CT molecular complexity index is 1670. The molecule has 0 unspecified atom stereocenters. The topological polar surface area (TPSA) is 104 Å². The van der Waals surface area contributed by atoms with Crippen molar-refractivity contribution in [2.75, 3.05) is 28.6 Å². The molecule has 0 spiro atoms. The summed E-state index contributed by atoms with van der Waals surface area (Å²) in [6.07, 6.45) is 8.84. The maximum Gasteiger partial charge on any atom is 0.200 e. The van der Waals surface area contributed by atoms with E-state index in [1.54, 1.807) is 12.3 Å². The van der Waals surface area contributed by atoms with Crippen LogP contribution in [-0.4, -0.2) is 48.9 Å². The highest BCUT2D eigenvalue weighted by Gasteiger charge is 2.29. The van der Waals surface area contributed by atoms with Gasteiger partial charge in [-0.3, -0.25) is 4.98 Å². The van der Waals surface area contributed by atoms with E-state index < -0.39 is 0 Å². The second kappa shape index (κ2) is 16.5. The molecule has 4 N–H and O–H groups in total. The first-order valence-corrected chi connectivity index (χ1v) is 18.3. The molecule has 0 fully saturated rings. The molecule has 4 aromatic rings. The molecule has 8 nitrogen and oxygen atoms in total. The summed E-state index contributed by atoms with van der Waals surface area (Å²) in [6.45, 7) is 30.4.